The number of rotatable bonds is 4. The lowest BCUT2D eigenvalue weighted by molar-refractivity contribution is 0.669. The number of nitrogens with zero attached hydrogens (tertiary/aromatic N) is 2. The van der Waals surface area contributed by atoms with Crippen molar-refractivity contribution in [3.05, 3.63) is 168 Å². The fourth-order valence-electron chi connectivity index (χ4n) is 7.37. The molecule has 47 heavy (non-hydrogen) atoms. The molecule has 1 unspecified atom stereocenters. The van der Waals surface area contributed by atoms with Crippen molar-refractivity contribution in [2.24, 2.45) is 9.98 Å². The zero-order valence-corrected chi connectivity index (χ0v) is 25.3. The van der Waals surface area contributed by atoms with Crippen LogP contribution in [-0.2, 0) is 0 Å². The zero-order valence-electron chi connectivity index (χ0n) is 25.3. The highest BCUT2D eigenvalue weighted by Crippen LogP contribution is 2.50. The Bertz CT molecular complexity index is 2590. The van der Waals surface area contributed by atoms with Crippen molar-refractivity contribution >= 4 is 44.4 Å². The Morgan fingerprint density at radius 3 is 1.87 bits per heavy atom. The Morgan fingerprint density at radius 2 is 1.11 bits per heavy atom. The number of furan rings is 1. The first kappa shape index (κ1) is 26.0. The molecular weight excluding hydrogens is 574 g/mol. The monoisotopic (exact) mass is 601 g/mol. The molecule has 1 N–H and O–H groups in total. The number of hydrogen-bond donors (Lipinski definition) is 1. The average molecular weight is 602 g/mol. The minimum absolute atomic E-state index is 0.274. The number of nitrogens with one attached hydrogen (secondary N) is 1. The molecule has 4 nitrogen and oxygen atoms in total. The van der Waals surface area contributed by atoms with Crippen molar-refractivity contribution in [1.29, 1.82) is 0 Å². The maximum absolute atomic E-state index is 6.60. The Morgan fingerprint density at radius 1 is 0.489 bits per heavy atom. The lowest BCUT2D eigenvalue weighted by Gasteiger charge is -2.25. The van der Waals surface area contributed by atoms with Crippen molar-refractivity contribution in [2.75, 3.05) is 0 Å². The van der Waals surface area contributed by atoms with E-state index in [1.807, 2.05) is 24.3 Å². The summed E-state index contributed by atoms with van der Waals surface area (Å²) >= 11 is 0. The van der Waals surface area contributed by atoms with Crippen LogP contribution in [0.3, 0.4) is 0 Å². The molecule has 7 aromatic carbocycles. The third-order valence-corrected chi connectivity index (χ3v) is 9.48. The number of fused-ring (bicyclic) bond motifs is 6. The Labute approximate surface area is 271 Å². The maximum atomic E-state index is 6.60. The van der Waals surface area contributed by atoms with Crippen molar-refractivity contribution in [3.63, 3.8) is 0 Å². The lowest BCUT2D eigenvalue weighted by Crippen LogP contribution is -2.33. The molecule has 0 saturated carbocycles. The van der Waals surface area contributed by atoms with E-state index in [0.29, 0.717) is 5.84 Å². The summed E-state index contributed by atoms with van der Waals surface area (Å²) in [5.41, 5.74) is 12.1. The average Bonchev–Trinajstić information content (AvgIpc) is 3.67. The molecule has 2 heterocycles. The molecule has 0 saturated heterocycles. The highest BCUT2D eigenvalue weighted by atomic mass is 16.3. The van der Waals surface area contributed by atoms with Gasteiger partial charge >= 0.3 is 0 Å². The van der Waals surface area contributed by atoms with Crippen LogP contribution in [0.2, 0.25) is 0 Å². The van der Waals surface area contributed by atoms with Gasteiger partial charge in [-0.1, -0.05) is 133 Å². The van der Waals surface area contributed by atoms with E-state index in [1.165, 1.54) is 33.0 Å². The van der Waals surface area contributed by atoms with Gasteiger partial charge in [0.15, 0.2) is 5.84 Å². The number of hydrogen-bond acceptors (Lipinski definition) is 4. The van der Waals surface area contributed by atoms with E-state index in [2.05, 4.69) is 133 Å². The quantitative estimate of drug-likeness (QED) is 0.218. The van der Waals surface area contributed by atoms with Crippen molar-refractivity contribution in [1.82, 2.24) is 5.32 Å². The zero-order chi connectivity index (χ0) is 30.9. The second-order valence-electron chi connectivity index (χ2n) is 12.2. The fourth-order valence-corrected chi connectivity index (χ4v) is 7.37. The summed E-state index contributed by atoms with van der Waals surface area (Å²) < 4.78 is 6.60. The van der Waals surface area contributed by atoms with Gasteiger partial charge in [-0.3, -0.25) is 0 Å². The summed E-state index contributed by atoms with van der Waals surface area (Å²) in [5.74, 6) is 1.50. The Hall–Kier alpha value is -6.26. The van der Waals surface area contributed by atoms with Crippen LogP contribution in [0.1, 0.15) is 22.9 Å². The minimum atomic E-state index is -0.274. The largest absolute Gasteiger partial charge is 0.456 e. The predicted octanol–water partition coefficient (Wildman–Crippen LogP) is 10.5. The molecule has 4 heteroatoms. The topological polar surface area (TPSA) is 49.9 Å². The maximum Gasteiger partial charge on any atom is 0.159 e. The smallest absolute Gasteiger partial charge is 0.159 e. The lowest BCUT2D eigenvalue weighted by atomic mass is 9.93. The van der Waals surface area contributed by atoms with Crippen molar-refractivity contribution in [3.8, 4) is 33.4 Å². The molecule has 2 aliphatic rings. The third kappa shape index (κ3) is 4.01. The van der Waals surface area contributed by atoms with Gasteiger partial charge in [0.1, 0.15) is 23.2 Å². The molecule has 220 valence electrons. The molecule has 0 radical (unpaired) electrons. The number of aliphatic imine (C=N–C) groups is 2. The standard InChI is InChI=1S/C43H27N3O/c1-3-12-27(13-4-1)41-44-42(28-14-5-2-6-15-28)46-43(45-41)33-19-8-7-18-29(33)30-22-11-23-37-40(30)36-24-34-31-20-9-16-26-17-10-21-32(39(26)31)35(34)25-38(36)47-37/h1-25,41H,(H,44,45,46). The summed E-state index contributed by atoms with van der Waals surface area (Å²) in [6.07, 6.45) is -0.274. The van der Waals surface area contributed by atoms with Crippen LogP contribution in [0.15, 0.2) is 166 Å². The van der Waals surface area contributed by atoms with Gasteiger partial charge < -0.3 is 9.73 Å². The van der Waals surface area contributed by atoms with Crippen LogP contribution in [0.25, 0.3) is 66.1 Å². The van der Waals surface area contributed by atoms with Crippen LogP contribution in [0.4, 0.5) is 0 Å². The summed E-state index contributed by atoms with van der Waals surface area (Å²) in [4.78, 5) is 10.2. The third-order valence-electron chi connectivity index (χ3n) is 9.48. The van der Waals surface area contributed by atoms with Gasteiger partial charge in [-0.15, -0.1) is 0 Å². The van der Waals surface area contributed by atoms with E-state index in [1.54, 1.807) is 0 Å². The van der Waals surface area contributed by atoms with Crippen LogP contribution in [0.5, 0.6) is 0 Å². The SMILES string of the molecule is c1ccc(C2=NC(c3ccccc3)NC(c3ccccc3-c3cccc4oc5cc6c(cc5c34)-c3cccc4cccc-6c34)=N2)cc1. The first-order valence-electron chi connectivity index (χ1n) is 16.0. The fraction of sp³-hybridized carbons (Fsp3) is 0.0233. The highest BCUT2D eigenvalue weighted by molar-refractivity contribution is 6.22. The molecule has 1 atom stereocenters. The van der Waals surface area contributed by atoms with Gasteiger partial charge in [-0.2, -0.15) is 0 Å². The highest BCUT2D eigenvalue weighted by Gasteiger charge is 2.26. The molecule has 1 aliphatic heterocycles. The second kappa shape index (κ2) is 10.1. The molecule has 8 aromatic rings. The Balaban J connectivity index is 1.17. The summed E-state index contributed by atoms with van der Waals surface area (Å²) in [6.45, 7) is 0. The minimum Gasteiger partial charge on any atom is -0.456 e. The molecule has 0 spiro atoms. The van der Waals surface area contributed by atoms with Gasteiger partial charge in [-0.05, 0) is 67.9 Å². The Kier molecular flexibility index (Phi) is 5.60. The van der Waals surface area contributed by atoms with Gasteiger partial charge in [-0.25, -0.2) is 9.98 Å². The van der Waals surface area contributed by atoms with Crippen molar-refractivity contribution < 1.29 is 4.42 Å². The van der Waals surface area contributed by atoms with E-state index in [-0.39, 0.29) is 6.17 Å². The summed E-state index contributed by atoms with van der Waals surface area (Å²) in [7, 11) is 0. The van der Waals surface area contributed by atoms with E-state index in [9.17, 15) is 0 Å². The molecule has 0 bridgehead atoms. The second-order valence-corrected chi connectivity index (χ2v) is 12.2. The summed E-state index contributed by atoms with van der Waals surface area (Å²) in [5, 5.41) is 8.47. The molecule has 10 rings (SSSR count). The predicted molar refractivity (Wildman–Crippen MR) is 193 cm³/mol. The normalized spacial score (nSPS) is 15.0. The van der Waals surface area contributed by atoms with Crippen LogP contribution < -0.4 is 5.32 Å². The number of amidine groups is 2. The van der Waals surface area contributed by atoms with Gasteiger partial charge in [0.2, 0.25) is 0 Å². The van der Waals surface area contributed by atoms with E-state index < -0.39 is 0 Å². The van der Waals surface area contributed by atoms with E-state index in [4.69, 9.17) is 14.4 Å². The molecule has 1 aliphatic carbocycles. The van der Waals surface area contributed by atoms with Crippen LogP contribution >= 0.6 is 0 Å². The van der Waals surface area contributed by atoms with E-state index >= 15 is 0 Å². The van der Waals surface area contributed by atoms with Gasteiger partial charge in [0, 0.05) is 21.9 Å². The molecular formula is C43H27N3O. The first-order valence-corrected chi connectivity index (χ1v) is 16.0. The van der Waals surface area contributed by atoms with Crippen LogP contribution in [-0.4, -0.2) is 11.7 Å². The van der Waals surface area contributed by atoms with Crippen molar-refractivity contribution in [2.45, 2.75) is 6.17 Å². The van der Waals surface area contributed by atoms with Gasteiger partial charge in [0.05, 0.1) is 0 Å². The van der Waals surface area contributed by atoms with Gasteiger partial charge in [0.25, 0.3) is 0 Å². The number of benzene rings is 7. The molecule has 1 aromatic heterocycles. The first-order chi connectivity index (χ1) is 23.3. The molecule has 0 fully saturated rings. The summed E-state index contributed by atoms with van der Waals surface area (Å²) in [6, 6.07) is 53.1. The van der Waals surface area contributed by atoms with Crippen LogP contribution in [0, 0.1) is 0 Å². The molecule has 0 amide bonds. The van der Waals surface area contributed by atoms with E-state index in [0.717, 1.165) is 55.6 Å².